The van der Waals surface area contributed by atoms with Crippen molar-refractivity contribution in [3.63, 3.8) is 0 Å². The predicted octanol–water partition coefficient (Wildman–Crippen LogP) is 4.29. The van der Waals surface area contributed by atoms with Crippen molar-refractivity contribution >= 4 is 5.69 Å². The lowest BCUT2D eigenvalue weighted by atomic mass is 10.1. The SMILES string of the molecule is CC(NOCc1ccccc1NO)c1cccc(C(F)(F)F)c1. The summed E-state index contributed by atoms with van der Waals surface area (Å²) >= 11 is 0. The number of nitrogens with one attached hydrogen (secondary N) is 2. The molecule has 0 aromatic heterocycles. The van der Waals surface area contributed by atoms with Crippen LogP contribution in [0.3, 0.4) is 0 Å². The van der Waals surface area contributed by atoms with E-state index in [9.17, 15) is 13.2 Å². The molecule has 3 N–H and O–H groups in total. The molecule has 0 aliphatic rings. The third-order valence-corrected chi connectivity index (χ3v) is 3.34. The summed E-state index contributed by atoms with van der Waals surface area (Å²) in [5.41, 5.74) is 5.74. The summed E-state index contributed by atoms with van der Waals surface area (Å²) in [5, 5.41) is 8.98. The molecule has 1 atom stereocenters. The van der Waals surface area contributed by atoms with Gasteiger partial charge in [0.25, 0.3) is 0 Å². The Morgan fingerprint density at radius 1 is 1.13 bits per heavy atom. The molecule has 2 aromatic carbocycles. The minimum absolute atomic E-state index is 0.146. The second-order valence-corrected chi connectivity index (χ2v) is 5.02. The number of para-hydroxylation sites is 1. The van der Waals surface area contributed by atoms with Crippen molar-refractivity contribution in [3.05, 3.63) is 65.2 Å². The molecule has 7 heteroatoms. The highest BCUT2D eigenvalue weighted by molar-refractivity contribution is 5.48. The van der Waals surface area contributed by atoms with Crippen LogP contribution in [0.1, 0.15) is 29.7 Å². The molecule has 0 saturated carbocycles. The molecule has 4 nitrogen and oxygen atoms in total. The van der Waals surface area contributed by atoms with Gasteiger partial charge in [-0.1, -0.05) is 30.3 Å². The van der Waals surface area contributed by atoms with Gasteiger partial charge in [-0.2, -0.15) is 18.7 Å². The molecule has 2 aromatic rings. The Hall–Kier alpha value is -2.09. The average Bonchev–Trinajstić information content (AvgIpc) is 2.54. The van der Waals surface area contributed by atoms with Gasteiger partial charge in [0.1, 0.15) is 0 Å². The highest BCUT2D eigenvalue weighted by atomic mass is 19.4. The van der Waals surface area contributed by atoms with E-state index < -0.39 is 17.8 Å². The van der Waals surface area contributed by atoms with Gasteiger partial charge >= 0.3 is 6.18 Å². The van der Waals surface area contributed by atoms with E-state index in [1.165, 1.54) is 6.07 Å². The van der Waals surface area contributed by atoms with Gasteiger partial charge in [0.15, 0.2) is 0 Å². The van der Waals surface area contributed by atoms with Crippen LogP contribution in [0, 0.1) is 0 Å². The van der Waals surface area contributed by atoms with Crippen molar-refractivity contribution in [1.29, 1.82) is 0 Å². The van der Waals surface area contributed by atoms with Crippen LogP contribution in [0.5, 0.6) is 0 Å². The first-order chi connectivity index (χ1) is 10.9. The topological polar surface area (TPSA) is 53.5 Å². The second kappa shape index (κ2) is 7.45. The molecule has 0 saturated heterocycles. The first kappa shape index (κ1) is 17.3. The third-order valence-electron chi connectivity index (χ3n) is 3.34. The average molecular weight is 326 g/mol. The Morgan fingerprint density at radius 3 is 2.57 bits per heavy atom. The van der Waals surface area contributed by atoms with E-state index in [0.717, 1.165) is 12.1 Å². The number of benzene rings is 2. The summed E-state index contributed by atoms with van der Waals surface area (Å²) in [6.45, 7) is 1.85. The van der Waals surface area contributed by atoms with Gasteiger partial charge < -0.3 is 0 Å². The Labute approximate surface area is 131 Å². The van der Waals surface area contributed by atoms with E-state index in [-0.39, 0.29) is 6.61 Å². The maximum absolute atomic E-state index is 12.7. The van der Waals surface area contributed by atoms with Gasteiger partial charge in [0, 0.05) is 5.56 Å². The Kier molecular flexibility index (Phi) is 5.59. The molecule has 0 bridgehead atoms. The summed E-state index contributed by atoms with van der Waals surface area (Å²) in [6.07, 6.45) is -4.37. The standard InChI is InChI=1S/C16H17F3N2O2/c1-11(12-6-4-7-14(9-12)16(17,18)19)21-23-10-13-5-2-3-8-15(13)20-22/h2-9,11,20-22H,10H2,1H3. The maximum Gasteiger partial charge on any atom is 0.416 e. The van der Waals surface area contributed by atoms with Crippen LogP contribution in [0.4, 0.5) is 18.9 Å². The fourth-order valence-electron chi connectivity index (χ4n) is 2.05. The van der Waals surface area contributed by atoms with Crippen LogP contribution in [0.25, 0.3) is 0 Å². The summed E-state index contributed by atoms with van der Waals surface area (Å²) in [7, 11) is 0. The fourth-order valence-corrected chi connectivity index (χ4v) is 2.05. The molecule has 124 valence electrons. The third kappa shape index (κ3) is 4.69. The highest BCUT2D eigenvalue weighted by Crippen LogP contribution is 2.30. The number of halogens is 3. The minimum Gasteiger partial charge on any atom is -0.296 e. The quantitative estimate of drug-likeness (QED) is 0.693. The van der Waals surface area contributed by atoms with Gasteiger partial charge in [-0.3, -0.25) is 15.5 Å². The largest absolute Gasteiger partial charge is 0.416 e. The van der Waals surface area contributed by atoms with E-state index in [2.05, 4.69) is 11.0 Å². The van der Waals surface area contributed by atoms with E-state index in [4.69, 9.17) is 10.0 Å². The fraction of sp³-hybridized carbons (Fsp3) is 0.250. The van der Waals surface area contributed by atoms with E-state index >= 15 is 0 Å². The summed E-state index contributed by atoms with van der Waals surface area (Å²) in [5.74, 6) is 0. The number of rotatable bonds is 6. The van der Waals surface area contributed by atoms with Crippen molar-refractivity contribution in [2.24, 2.45) is 0 Å². The van der Waals surface area contributed by atoms with Crippen LogP contribution >= 0.6 is 0 Å². The van der Waals surface area contributed by atoms with Crippen molar-refractivity contribution in [3.8, 4) is 0 Å². The van der Waals surface area contributed by atoms with Crippen LogP contribution in [-0.2, 0) is 17.6 Å². The van der Waals surface area contributed by atoms with Crippen molar-refractivity contribution in [1.82, 2.24) is 5.48 Å². The van der Waals surface area contributed by atoms with Crippen molar-refractivity contribution in [2.75, 3.05) is 5.48 Å². The van der Waals surface area contributed by atoms with Gasteiger partial charge in [0.05, 0.1) is 23.9 Å². The zero-order valence-corrected chi connectivity index (χ0v) is 12.4. The van der Waals surface area contributed by atoms with Crippen LogP contribution < -0.4 is 11.0 Å². The molecule has 0 aliphatic heterocycles. The first-order valence-electron chi connectivity index (χ1n) is 6.94. The molecule has 0 amide bonds. The van der Waals surface area contributed by atoms with E-state index in [0.29, 0.717) is 16.8 Å². The lowest BCUT2D eigenvalue weighted by Gasteiger charge is -2.16. The van der Waals surface area contributed by atoms with Gasteiger partial charge in [-0.15, -0.1) is 0 Å². The zero-order chi connectivity index (χ0) is 16.9. The normalized spacial score (nSPS) is 12.9. The number of hydroxylamine groups is 1. The molecular weight excluding hydrogens is 309 g/mol. The zero-order valence-electron chi connectivity index (χ0n) is 12.4. The van der Waals surface area contributed by atoms with Crippen molar-refractivity contribution in [2.45, 2.75) is 25.7 Å². The summed E-state index contributed by atoms with van der Waals surface area (Å²) in [4.78, 5) is 5.32. The molecule has 1 unspecified atom stereocenters. The smallest absolute Gasteiger partial charge is 0.296 e. The molecule has 0 heterocycles. The highest BCUT2D eigenvalue weighted by Gasteiger charge is 2.30. The lowest BCUT2D eigenvalue weighted by Crippen LogP contribution is -2.20. The van der Waals surface area contributed by atoms with Crippen LogP contribution in [0.2, 0.25) is 0 Å². The number of alkyl halides is 3. The lowest BCUT2D eigenvalue weighted by molar-refractivity contribution is -0.137. The number of anilines is 1. The van der Waals surface area contributed by atoms with Crippen LogP contribution in [0.15, 0.2) is 48.5 Å². The summed E-state index contributed by atoms with van der Waals surface area (Å²) < 4.78 is 38.1. The summed E-state index contributed by atoms with van der Waals surface area (Å²) in [6, 6.07) is 11.6. The number of hydrogen-bond acceptors (Lipinski definition) is 4. The van der Waals surface area contributed by atoms with Gasteiger partial charge in [-0.25, -0.2) is 0 Å². The molecule has 0 radical (unpaired) electrons. The monoisotopic (exact) mass is 326 g/mol. The van der Waals surface area contributed by atoms with E-state index in [1.54, 1.807) is 37.3 Å². The van der Waals surface area contributed by atoms with E-state index in [1.807, 2.05) is 0 Å². The van der Waals surface area contributed by atoms with Crippen molar-refractivity contribution < 1.29 is 23.2 Å². The molecule has 0 aliphatic carbocycles. The second-order valence-electron chi connectivity index (χ2n) is 5.02. The molecular formula is C16H17F3N2O2. The van der Waals surface area contributed by atoms with Gasteiger partial charge in [0.2, 0.25) is 0 Å². The number of hydrogen-bond donors (Lipinski definition) is 3. The Balaban J connectivity index is 1.96. The molecule has 0 spiro atoms. The first-order valence-corrected chi connectivity index (χ1v) is 6.94. The maximum atomic E-state index is 12.7. The predicted molar refractivity (Wildman–Crippen MR) is 79.6 cm³/mol. The molecule has 23 heavy (non-hydrogen) atoms. The van der Waals surface area contributed by atoms with Crippen LogP contribution in [-0.4, -0.2) is 5.21 Å². The Morgan fingerprint density at radius 2 is 1.87 bits per heavy atom. The molecule has 0 fully saturated rings. The molecule has 2 rings (SSSR count). The van der Waals surface area contributed by atoms with Gasteiger partial charge in [-0.05, 0) is 30.7 Å². The Bertz CT molecular complexity index is 647. The minimum atomic E-state index is -4.37.